The van der Waals surface area contributed by atoms with Gasteiger partial charge in [-0.05, 0) is 37.8 Å². The van der Waals surface area contributed by atoms with Crippen LogP contribution < -0.4 is 5.32 Å². The third kappa shape index (κ3) is 3.55. The predicted molar refractivity (Wildman–Crippen MR) is 85.7 cm³/mol. The van der Waals surface area contributed by atoms with Crippen molar-refractivity contribution in [2.75, 3.05) is 19.6 Å². The van der Waals surface area contributed by atoms with E-state index in [1.807, 2.05) is 4.90 Å². The lowest BCUT2D eigenvalue weighted by atomic mass is 9.84. The average Bonchev–Trinajstić information content (AvgIpc) is 2.99. The van der Waals surface area contributed by atoms with Crippen molar-refractivity contribution in [2.24, 2.45) is 5.92 Å². The molecule has 5 heteroatoms. The molecule has 1 N–H and O–H groups in total. The lowest BCUT2D eigenvalue weighted by Gasteiger charge is -2.36. The third-order valence-corrected chi connectivity index (χ3v) is 5.05. The lowest BCUT2D eigenvalue weighted by molar-refractivity contribution is 0.0152. The highest BCUT2D eigenvalue weighted by atomic mass is 19.3. The molecule has 2 aliphatic rings. The second-order valence-corrected chi connectivity index (χ2v) is 6.84. The molecule has 1 saturated carbocycles. The van der Waals surface area contributed by atoms with Crippen LogP contribution in [0.2, 0.25) is 0 Å². The van der Waals surface area contributed by atoms with Crippen LogP contribution in [0.25, 0.3) is 0 Å². The van der Waals surface area contributed by atoms with E-state index < -0.39 is 5.92 Å². The Hall–Kier alpha value is -1.49. The summed E-state index contributed by atoms with van der Waals surface area (Å²) in [5.41, 5.74) is -0.0270. The number of hydrogen-bond donors (Lipinski definition) is 1. The van der Waals surface area contributed by atoms with E-state index in [-0.39, 0.29) is 23.1 Å². The summed E-state index contributed by atoms with van der Waals surface area (Å²) in [7, 11) is 0. The maximum absolute atomic E-state index is 13.9. The van der Waals surface area contributed by atoms with Gasteiger partial charge in [0.25, 0.3) is 11.8 Å². The van der Waals surface area contributed by atoms with Crippen molar-refractivity contribution in [3.8, 4) is 0 Å². The molecule has 1 aliphatic carbocycles. The van der Waals surface area contributed by atoms with Crippen LogP contribution in [0.4, 0.5) is 8.78 Å². The average molecular weight is 322 g/mol. The Morgan fingerprint density at radius 3 is 2.61 bits per heavy atom. The first kappa shape index (κ1) is 16.4. The van der Waals surface area contributed by atoms with Gasteiger partial charge < -0.3 is 10.2 Å². The molecule has 0 aromatic heterocycles. The van der Waals surface area contributed by atoms with E-state index in [0.717, 1.165) is 39.3 Å². The van der Waals surface area contributed by atoms with E-state index >= 15 is 0 Å². The van der Waals surface area contributed by atoms with E-state index in [1.54, 1.807) is 12.1 Å². The molecule has 1 aromatic rings. The fourth-order valence-electron chi connectivity index (χ4n) is 3.46. The number of nitrogens with one attached hydrogen (secondary N) is 1. The zero-order chi connectivity index (χ0) is 16.4. The minimum atomic E-state index is -3.01. The van der Waals surface area contributed by atoms with Crippen molar-refractivity contribution < 1.29 is 13.6 Å². The number of alkyl halides is 2. The van der Waals surface area contributed by atoms with Crippen LogP contribution in [0.15, 0.2) is 24.3 Å². The number of hydrogen-bond acceptors (Lipinski definition) is 2. The monoisotopic (exact) mass is 322 g/mol. The van der Waals surface area contributed by atoms with Crippen molar-refractivity contribution in [3.05, 3.63) is 35.4 Å². The molecule has 0 bridgehead atoms. The van der Waals surface area contributed by atoms with E-state index in [0.29, 0.717) is 12.5 Å². The van der Waals surface area contributed by atoms with Crippen molar-refractivity contribution in [3.63, 3.8) is 0 Å². The first-order chi connectivity index (χ1) is 11.0. The number of amides is 1. The van der Waals surface area contributed by atoms with Crippen molar-refractivity contribution >= 4 is 5.91 Å². The summed E-state index contributed by atoms with van der Waals surface area (Å²) in [4.78, 5) is 14.9. The highest BCUT2D eigenvalue weighted by molar-refractivity contribution is 5.96. The number of nitrogens with zero attached hydrogens (tertiary/aromatic N) is 1. The van der Waals surface area contributed by atoms with Gasteiger partial charge in [-0.1, -0.05) is 24.6 Å². The van der Waals surface area contributed by atoms with E-state index in [1.165, 1.54) is 18.6 Å². The fraction of sp³-hybridized carbons (Fsp3) is 0.611. The molecule has 23 heavy (non-hydrogen) atoms. The quantitative estimate of drug-likeness (QED) is 0.901. The number of halogens is 2. The zero-order valence-electron chi connectivity index (χ0n) is 13.5. The van der Waals surface area contributed by atoms with Gasteiger partial charge in [-0.3, -0.25) is 4.79 Å². The maximum atomic E-state index is 13.9. The van der Waals surface area contributed by atoms with Gasteiger partial charge in [0.05, 0.1) is 0 Å². The van der Waals surface area contributed by atoms with Crippen LogP contribution in [-0.2, 0) is 5.92 Å². The number of benzene rings is 1. The minimum Gasteiger partial charge on any atom is -0.334 e. The SMILES string of the molecule is CC(F)(F)c1ccccc1C(=O)N(CC1CCC1)C1CCNC1. The van der Waals surface area contributed by atoms with Gasteiger partial charge in [0.1, 0.15) is 0 Å². The Labute approximate surface area is 136 Å². The molecular formula is C18H24F2N2O. The van der Waals surface area contributed by atoms with E-state index in [9.17, 15) is 13.6 Å². The fourth-order valence-corrected chi connectivity index (χ4v) is 3.46. The Morgan fingerprint density at radius 1 is 1.30 bits per heavy atom. The highest BCUT2D eigenvalue weighted by Crippen LogP contribution is 2.33. The Kier molecular flexibility index (Phi) is 4.67. The first-order valence-electron chi connectivity index (χ1n) is 8.46. The third-order valence-electron chi connectivity index (χ3n) is 5.05. The number of carbonyl (C=O) groups excluding carboxylic acids is 1. The largest absolute Gasteiger partial charge is 0.334 e. The standard InChI is InChI=1S/C18H24F2N2O/c1-18(19,20)16-8-3-2-7-15(16)17(23)22(12-13-5-4-6-13)14-9-10-21-11-14/h2-3,7-8,13-14,21H,4-6,9-12H2,1H3. The molecule has 3 nitrogen and oxygen atoms in total. The summed E-state index contributed by atoms with van der Waals surface area (Å²) in [5.74, 6) is -2.74. The van der Waals surface area contributed by atoms with Crippen LogP contribution in [0.1, 0.15) is 48.5 Å². The van der Waals surface area contributed by atoms with E-state index in [2.05, 4.69) is 5.32 Å². The molecule has 0 spiro atoms. The molecule has 1 atom stereocenters. The summed E-state index contributed by atoms with van der Waals surface area (Å²) in [6.07, 6.45) is 4.37. The summed E-state index contributed by atoms with van der Waals surface area (Å²) in [6, 6.07) is 6.24. The number of carbonyl (C=O) groups is 1. The van der Waals surface area contributed by atoms with Crippen LogP contribution in [0, 0.1) is 5.92 Å². The van der Waals surface area contributed by atoms with Crippen LogP contribution >= 0.6 is 0 Å². The topological polar surface area (TPSA) is 32.3 Å². The van der Waals surface area contributed by atoms with Gasteiger partial charge in [-0.15, -0.1) is 0 Å². The first-order valence-corrected chi connectivity index (χ1v) is 8.46. The molecular weight excluding hydrogens is 298 g/mol. The van der Waals surface area contributed by atoms with Crippen LogP contribution in [0.5, 0.6) is 0 Å². The molecule has 126 valence electrons. The van der Waals surface area contributed by atoms with Gasteiger partial charge in [0.15, 0.2) is 0 Å². The van der Waals surface area contributed by atoms with Gasteiger partial charge in [-0.2, -0.15) is 0 Å². The second kappa shape index (κ2) is 6.56. The Bertz CT molecular complexity index is 560. The highest BCUT2D eigenvalue weighted by Gasteiger charge is 2.35. The normalized spacial score (nSPS) is 22.0. The van der Waals surface area contributed by atoms with Gasteiger partial charge in [0.2, 0.25) is 0 Å². The number of rotatable bonds is 5. The van der Waals surface area contributed by atoms with Crippen LogP contribution in [0.3, 0.4) is 0 Å². The molecule has 1 amide bonds. The predicted octanol–water partition coefficient (Wildman–Crippen LogP) is 3.40. The van der Waals surface area contributed by atoms with Gasteiger partial charge in [-0.25, -0.2) is 8.78 Å². The Balaban J connectivity index is 1.88. The maximum Gasteiger partial charge on any atom is 0.271 e. The van der Waals surface area contributed by atoms with Gasteiger partial charge in [0, 0.05) is 37.2 Å². The minimum absolute atomic E-state index is 0.113. The van der Waals surface area contributed by atoms with Crippen molar-refractivity contribution in [1.82, 2.24) is 10.2 Å². The molecule has 1 heterocycles. The molecule has 3 rings (SSSR count). The van der Waals surface area contributed by atoms with Crippen molar-refractivity contribution in [1.29, 1.82) is 0 Å². The summed E-state index contributed by atoms with van der Waals surface area (Å²) in [5, 5.41) is 3.27. The van der Waals surface area contributed by atoms with Gasteiger partial charge >= 0.3 is 0 Å². The second-order valence-electron chi connectivity index (χ2n) is 6.84. The van der Waals surface area contributed by atoms with Crippen molar-refractivity contribution in [2.45, 2.75) is 44.6 Å². The molecule has 2 fully saturated rings. The summed E-state index contributed by atoms with van der Waals surface area (Å²) >= 11 is 0. The zero-order valence-corrected chi connectivity index (χ0v) is 13.5. The molecule has 1 aromatic carbocycles. The molecule has 1 aliphatic heterocycles. The summed E-state index contributed by atoms with van der Waals surface area (Å²) < 4.78 is 27.7. The summed E-state index contributed by atoms with van der Waals surface area (Å²) in [6.45, 7) is 3.18. The molecule has 0 radical (unpaired) electrons. The Morgan fingerprint density at radius 2 is 2.04 bits per heavy atom. The van der Waals surface area contributed by atoms with Crippen LogP contribution in [-0.4, -0.2) is 36.5 Å². The lowest BCUT2D eigenvalue weighted by Crippen LogP contribution is -2.45. The smallest absolute Gasteiger partial charge is 0.271 e. The molecule has 1 unspecified atom stereocenters. The molecule has 1 saturated heterocycles. The van der Waals surface area contributed by atoms with E-state index in [4.69, 9.17) is 0 Å².